The Morgan fingerprint density at radius 1 is 1.17 bits per heavy atom. The van der Waals surface area contributed by atoms with Crippen LogP contribution in [-0.2, 0) is 7.05 Å². The van der Waals surface area contributed by atoms with Crippen molar-refractivity contribution in [1.82, 2.24) is 9.78 Å². The van der Waals surface area contributed by atoms with Crippen LogP contribution < -0.4 is 9.47 Å². The smallest absolute Gasteiger partial charge is 0.128 e. The molecule has 1 N–H and O–H groups in total. The standard InChI is InChI=1S/C13H16N2O3/c1-15-9(7-8-14-15)13(16)12-10(17-2)5-4-6-11(12)18-3/h4-8,13,16H,1-3H3. The molecule has 0 aliphatic rings. The number of benzene rings is 1. The first kappa shape index (κ1) is 12.4. The van der Waals surface area contributed by atoms with Crippen LogP contribution >= 0.6 is 0 Å². The Morgan fingerprint density at radius 3 is 2.22 bits per heavy atom. The number of aliphatic hydroxyl groups excluding tert-OH is 1. The van der Waals surface area contributed by atoms with Gasteiger partial charge in [0.2, 0.25) is 0 Å². The van der Waals surface area contributed by atoms with Crippen molar-refractivity contribution in [3.63, 3.8) is 0 Å². The summed E-state index contributed by atoms with van der Waals surface area (Å²) in [5.41, 5.74) is 1.28. The quantitative estimate of drug-likeness (QED) is 0.891. The molecule has 0 bridgehead atoms. The van der Waals surface area contributed by atoms with Gasteiger partial charge in [-0.2, -0.15) is 5.10 Å². The van der Waals surface area contributed by atoms with Crippen LogP contribution in [0.25, 0.3) is 0 Å². The Balaban J connectivity index is 2.52. The number of ether oxygens (including phenoxy) is 2. The highest BCUT2D eigenvalue weighted by Crippen LogP contribution is 2.36. The number of aliphatic hydroxyl groups is 1. The van der Waals surface area contributed by atoms with Crippen molar-refractivity contribution in [2.45, 2.75) is 6.10 Å². The Kier molecular flexibility index (Phi) is 3.53. The molecule has 18 heavy (non-hydrogen) atoms. The molecule has 0 aliphatic heterocycles. The van der Waals surface area contributed by atoms with Gasteiger partial charge in [-0.1, -0.05) is 6.07 Å². The summed E-state index contributed by atoms with van der Waals surface area (Å²) in [6, 6.07) is 7.16. The molecule has 1 aromatic carbocycles. The van der Waals surface area contributed by atoms with E-state index in [4.69, 9.17) is 9.47 Å². The first-order valence-electron chi connectivity index (χ1n) is 5.56. The summed E-state index contributed by atoms with van der Waals surface area (Å²) in [4.78, 5) is 0. The number of aryl methyl sites for hydroxylation is 1. The van der Waals surface area contributed by atoms with E-state index in [0.29, 0.717) is 22.8 Å². The van der Waals surface area contributed by atoms with Crippen LogP contribution in [-0.4, -0.2) is 29.1 Å². The zero-order chi connectivity index (χ0) is 13.1. The fourth-order valence-electron chi connectivity index (χ4n) is 1.95. The van der Waals surface area contributed by atoms with Gasteiger partial charge in [0.05, 0.1) is 25.5 Å². The predicted molar refractivity (Wildman–Crippen MR) is 66.8 cm³/mol. The third-order valence-corrected chi connectivity index (χ3v) is 2.88. The number of methoxy groups -OCH3 is 2. The number of hydrogen-bond donors (Lipinski definition) is 1. The average molecular weight is 248 g/mol. The zero-order valence-electron chi connectivity index (χ0n) is 10.6. The summed E-state index contributed by atoms with van der Waals surface area (Å²) in [5.74, 6) is 1.17. The molecular formula is C13H16N2O3. The van der Waals surface area contributed by atoms with Crippen molar-refractivity contribution in [2.24, 2.45) is 7.05 Å². The van der Waals surface area contributed by atoms with Crippen LogP contribution in [0.15, 0.2) is 30.5 Å². The molecule has 1 heterocycles. The minimum absolute atomic E-state index is 0.586. The van der Waals surface area contributed by atoms with Crippen LogP contribution in [0.4, 0.5) is 0 Å². The van der Waals surface area contributed by atoms with E-state index in [1.807, 2.05) is 6.07 Å². The molecular weight excluding hydrogens is 232 g/mol. The van der Waals surface area contributed by atoms with Gasteiger partial charge in [-0.05, 0) is 18.2 Å². The molecule has 0 fully saturated rings. The van der Waals surface area contributed by atoms with Gasteiger partial charge >= 0.3 is 0 Å². The average Bonchev–Trinajstić information content (AvgIpc) is 2.83. The van der Waals surface area contributed by atoms with E-state index in [1.54, 1.807) is 50.3 Å². The third kappa shape index (κ3) is 2.04. The van der Waals surface area contributed by atoms with E-state index < -0.39 is 6.10 Å². The summed E-state index contributed by atoms with van der Waals surface area (Å²) in [7, 11) is 4.91. The summed E-state index contributed by atoms with van der Waals surface area (Å²) in [5, 5.41) is 14.5. The van der Waals surface area contributed by atoms with Gasteiger partial charge in [-0.3, -0.25) is 4.68 Å². The molecule has 0 spiro atoms. The molecule has 0 saturated carbocycles. The maximum Gasteiger partial charge on any atom is 0.128 e. The van der Waals surface area contributed by atoms with Crippen LogP contribution in [0.1, 0.15) is 17.4 Å². The molecule has 96 valence electrons. The van der Waals surface area contributed by atoms with Crippen molar-refractivity contribution in [1.29, 1.82) is 0 Å². The minimum Gasteiger partial charge on any atom is -0.496 e. The second kappa shape index (κ2) is 5.10. The van der Waals surface area contributed by atoms with Gasteiger partial charge in [0.1, 0.15) is 17.6 Å². The van der Waals surface area contributed by atoms with Crippen molar-refractivity contribution in [3.05, 3.63) is 41.7 Å². The van der Waals surface area contributed by atoms with Gasteiger partial charge in [-0.25, -0.2) is 0 Å². The van der Waals surface area contributed by atoms with Crippen molar-refractivity contribution >= 4 is 0 Å². The Labute approximate surface area is 106 Å². The van der Waals surface area contributed by atoms with Gasteiger partial charge in [0, 0.05) is 13.2 Å². The number of hydrogen-bond acceptors (Lipinski definition) is 4. The zero-order valence-corrected chi connectivity index (χ0v) is 10.6. The highest BCUT2D eigenvalue weighted by molar-refractivity contribution is 5.48. The maximum atomic E-state index is 10.5. The SMILES string of the molecule is COc1cccc(OC)c1C(O)c1ccnn1C. The number of rotatable bonds is 4. The fraction of sp³-hybridized carbons (Fsp3) is 0.308. The largest absolute Gasteiger partial charge is 0.496 e. The van der Waals surface area contributed by atoms with Gasteiger partial charge in [-0.15, -0.1) is 0 Å². The summed E-state index contributed by atoms with van der Waals surface area (Å²) in [6.07, 6.45) is 0.795. The second-order valence-corrected chi connectivity index (χ2v) is 3.86. The van der Waals surface area contributed by atoms with Crippen LogP contribution in [0.5, 0.6) is 11.5 Å². The molecule has 1 aromatic heterocycles. The lowest BCUT2D eigenvalue weighted by Gasteiger charge is -2.18. The predicted octanol–water partition coefficient (Wildman–Crippen LogP) is 1.52. The normalized spacial score (nSPS) is 12.2. The molecule has 5 nitrogen and oxygen atoms in total. The maximum absolute atomic E-state index is 10.5. The topological polar surface area (TPSA) is 56.5 Å². The van der Waals surface area contributed by atoms with E-state index in [1.165, 1.54) is 0 Å². The lowest BCUT2D eigenvalue weighted by molar-refractivity contribution is 0.199. The number of nitrogens with zero attached hydrogens (tertiary/aromatic N) is 2. The molecule has 1 atom stereocenters. The van der Waals surface area contributed by atoms with E-state index >= 15 is 0 Å². The molecule has 0 saturated heterocycles. The van der Waals surface area contributed by atoms with Crippen molar-refractivity contribution in [3.8, 4) is 11.5 Å². The first-order valence-corrected chi connectivity index (χ1v) is 5.56. The first-order chi connectivity index (χ1) is 8.69. The Morgan fingerprint density at radius 2 is 1.78 bits per heavy atom. The highest BCUT2D eigenvalue weighted by Gasteiger charge is 2.22. The van der Waals surface area contributed by atoms with Gasteiger partial charge in [0.15, 0.2) is 0 Å². The van der Waals surface area contributed by atoms with Crippen molar-refractivity contribution in [2.75, 3.05) is 14.2 Å². The summed E-state index contributed by atoms with van der Waals surface area (Å²) < 4.78 is 12.2. The van der Waals surface area contributed by atoms with Crippen LogP contribution in [0, 0.1) is 0 Å². The van der Waals surface area contributed by atoms with E-state index in [-0.39, 0.29) is 0 Å². The molecule has 2 aromatic rings. The fourth-order valence-corrected chi connectivity index (χ4v) is 1.95. The Bertz CT molecular complexity index is 515. The monoisotopic (exact) mass is 248 g/mol. The van der Waals surface area contributed by atoms with E-state index in [0.717, 1.165) is 0 Å². The molecule has 5 heteroatoms. The summed E-state index contributed by atoms with van der Waals surface area (Å²) in [6.45, 7) is 0. The van der Waals surface area contributed by atoms with Gasteiger partial charge in [0.25, 0.3) is 0 Å². The Hall–Kier alpha value is -2.01. The van der Waals surface area contributed by atoms with E-state index in [2.05, 4.69) is 5.10 Å². The van der Waals surface area contributed by atoms with Gasteiger partial charge < -0.3 is 14.6 Å². The lowest BCUT2D eigenvalue weighted by atomic mass is 10.0. The molecule has 0 radical (unpaired) electrons. The number of aromatic nitrogens is 2. The summed E-state index contributed by atoms with van der Waals surface area (Å²) >= 11 is 0. The van der Waals surface area contributed by atoms with E-state index in [9.17, 15) is 5.11 Å². The lowest BCUT2D eigenvalue weighted by Crippen LogP contribution is -2.09. The van der Waals surface area contributed by atoms with Crippen LogP contribution in [0.2, 0.25) is 0 Å². The minimum atomic E-state index is -0.844. The van der Waals surface area contributed by atoms with Crippen LogP contribution in [0.3, 0.4) is 0 Å². The second-order valence-electron chi connectivity index (χ2n) is 3.86. The molecule has 2 rings (SSSR count). The third-order valence-electron chi connectivity index (χ3n) is 2.88. The van der Waals surface area contributed by atoms with Crippen molar-refractivity contribution < 1.29 is 14.6 Å². The highest BCUT2D eigenvalue weighted by atomic mass is 16.5. The molecule has 1 unspecified atom stereocenters. The molecule has 0 aliphatic carbocycles. The molecule has 0 amide bonds.